The van der Waals surface area contributed by atoms with Crippen LogP contribution in [0.25, 0.3) is 6.08 Å². The van der Waals surface area contributed by atoms with Crippen molar-refractivity contribution in [2.75, 3.05) is 0 Å². The molecule has 2 aromatic rings. The second-order valence-corrected chi connectivity index (χ2v) is 3.85. The number of hydrogen-bond acceptors (Lipinski definition) is 1. The van der Waals surface area contributed by atoms with Crippen LogP contribution in [-0.2, 0) is 6.61 Å². The third kappa shape index (κ3) is 3.49. The molecule has 0 aliphatic heterocycles. The summed E-state index contributed by atoms with van der Waals surface area (Å²) in [7, 11) is 0. The third-order valence-electron chi connectivity index (χ3n) is 2.47. The standard InChI is InChI=1S/C16H16O/c1-2-7-14-10-6-11-16(12-14)17-13-15-8-4-3-5-9-15/h2-12H,13H2,1H3. The summed E-state index contributed by atoms with van der Waals surface area (Å²) >= 11 is 0. The fourth-order valence-electron chi connectivity index (χ4n) is 1.64. The minimum Gasteiger partial charge on any atom is -0.489 e. The molecule has 0 spiro atoms. The molecule has 17 heavy (non-hydrogen) atoms. The van der Waals surface area contributed by atoms with E-state index in [0.717, 1.165) is 11.3 Å². The largest absolute Gasteiger partial charge is 0.489 e. The first-order valence-corrected chi connectivity index (χ1v) is 5.78. The van der Waals surface area contributed by atoms with Gasteiger partial charge in [0.1, 0.15) is 12.4 Å². The van der Waals surface area contributed by atoms with Crippen molar-refractivity contribution in [3.63, 3.8) is 0 Å². The first-order chi connectivity index (χ1) is 8.38. The quantitative estimate of drug-likeness (QED) is 0.752. The SMILES string of the molecule is CC=Cc1cccc(OCc2ccccc2)c1. The van der Waals surface area contributed by atoms with E-state index in [0.29, 0.717) is 6.61 Å². The van der Waals surface area contributed by atoms with Crippen LogP contribution in [0.2, 0.25) is 0 Å². The summed E-state index contributed by atoms with van der Waals surface area (Å²) in [5.74, 6) is 0.907. The molecule has 2 rings (SSSR count). The fraction of sp³-hybridized carbons (Fsp3) is 0.125. The number of allylic oxidation sites excluding steroid dienone is 1. The summed E-state index contributed by atoms with van der Waals surface area (Å²) in [5.41, 5.74) is 2.35. The maximum absolute atomic E-state index is 5.75. The molecule has 1 heteroatoms. The fourth-order valence-corrected chi connectivity index (χ4v) is 1.64. The van der Waals surface area contributed by atoms with Gasteiger partial charge in [-0.2, -0.15) is 0 Å². The molecule has 2 aromatic carbocycles. The average Bonchev–Trinajstić information content (AvgIpc) is 2.39. The number of ether oxygens (including phenoxy) is 1. The molecule has 0 aliphatic rings. The van der Waals surface area contributed by atoms with Gasteiger partial charge in [0.25, 0.3) is 0 Å². The van der Waals surface area contributed by atoms with Crippen molar-refractivity contribution in [3.05, 3.63) is 71.8 Å². The van der Waals surface area contributed by atoms with Gasteiger partial charge >= 0.3 is 0 Å². The lowest BCUT2D eigenvalue weighted by molar-refractivity contribution is 0.306. The van der Waals surface area contributed by atoms with E-state index in [2.05, 4.69) is 24.3 Å². The maximum Gasteiger partial charge on any atom is 0.120 e. The molecule has 0 saturated heterocycles. The van der Waals surface area contributed by atoms with E-state index >= 15 is 0 Å². The molecule has 0 atom stereocenters. The van der Waals surface area contributed by atoms with Gasteiger partial charge in [-0.05, 0) is 30.2 Å². The Bertz CT molecular complexity index is 486. The maximum atomic E-state index is 5.75. The van der Waals surface area contributed by atoms with Crippen molar-refractivity contribution in [1.29, 1.82) is 0 Å². The Morgan fingerprint density at radius 2 is 1.82 bits per heavy atom. The van der Waals surface area contributed by atoms with Crippen molar-refractivity contribution in [2.24, 2.45) is 0 Å². The Kier molecular flexibility index (Phi) is 3.98. The summed E-state index contributed by atoms with van der Waals surface area (Å²) in [6.45, 7) is 2.62. The molecule has 0 amide bonds. The number of benzene rings is 2. The van der Waals surface area contributed by atoms with Crippen molar-refractivity contribution < 1.29 is 4.74 Å². The molecule has 0 aliphatic carbocycles. The van der Waals surface area contributed by atoms with E-state index in [9.17, 15) is 0 Å². The molecule has 0 bridgehead atoms. The topological polar surface area (TPSA) is 9.23 Å². The first-order valence-electron chi connectivity index (χ1n) is 5.78. The van der Waals surface area contributed by atoms with Crippen LogP contribution in [0.4, 0.5) is 0 Å². The van der Waals surface area contributed by atoms with E-state index in [4.69, 9.17) is 4.74 Å². The summed E-state index contributed by atoms with van der Waals surface area (Å²) in [6.07, 6.45) is 4.09. The van der Waals surface area contributed by atoms with Crippen LogP contribution in [0.1, 0.15) is 18.1 Å². The van der Waals surface area contributed by atoms with Gasteiger partial charge in [-0.15, -0.1) is 0 Å². The lowest BCUT2D eigenvalue weighted by Crippen LogP contribution is -1.94. The van der Waals surface area contributed by atoms with Crippen molar-refractivity contribution in [1.82, 2.24) is 0 Å². The molecule has 0 unspecified atom stereocenters. The minimum atomic E-state index is 0.611. The summed E-state index contributed by atoms with van der Waals surface area (Å²) in [4.78, 5) is 0. The second kappa shape index (κ2) is 5.90. The van der Waals surface area contributed by atoms with Crippen LogP contribution >= 0.6 is 0 Å². The zero-order chi connectivity index (χ0) is 11.9. The van der Waals surface area contributed by atoms with Crippen LogP contribution < -0.4 is 4.74 Å². The van der Waals surface area contributed by atoms with Gasteiger partial charge in [0.15, 0.2) is 0 Å². The summed E-state index contributed by atoms with van der Waals surface area (Å²) < 4.78 is 5.75. The van der Waals surface area contributed by atoms with E-state index < -0.39 is 0 Å². The first kappa shape index (κ1) is 11.5. The Labute approximate surface area is 102 Å². The predicted molar refractivity (Wildman–Crippen MR) is 71.9 cm³/mol. The predicted octanol–water partition coefficient (Wildman–Crippen LogP) is 4.30. The highest BCUT2D eigenvalue weighted by molar-refractivity contribution is 5.51. The third-order valence-corrected chi connectivity index (χ3v) is 2.47. The molecular weight excluding hydrogens is 208 g/mol. The van der Waals surface area contributed by atoms with Crippen LogP contribution in [0.3, 0.4) is 0 Å². The molecule has 0 aromatic heterocycles. The Morgan fingerprint density at radius 1 is 1.00 bits per heavy atom. The van der Waals surface area contributed by atoms with E-state index in [1.807, 2.05) is 49.4 Å². The molecule has 0 N–H and O–H groups in total. The summed E-state index contributed by atoms with van der Waals surface area (Å²) in [5, 5.41) is 0. The smallest absolute Gasteiger partial charge is 0.120 e. The van der Waals surface area contributed by atoms with Crippen LogP contribution in [-0.4, -0.2) is 0 Å². The van der Waals surface area contributed by atoms with Gasteiger partial charge in [-0.3, -0.25) is 0 Å². The Hall–Kier alpha value is -2.02. The molecule has 86 valence electrons. The lowest BCUT2D eigenvalue weighted by atomic mass is 10.2. The number of rotatable bonds is 4. The zero-order valence-electron chi connectivity index (χ0n) is 9.97. The van der Waals surface area contributed by atoms with Crippen LogP contribution in [0.15, 0.2) is 60.7 Å². The van der Waals surface area contributed by atoms with Crippen LogP contribution in [0.5, 0.6) is 5.75 Å². The van der Waals surface area contributed by atoms with Crippen molar-refractivity contribution >= 4 is 6.08 Å². The van der Waals surface area contributed by atoms with Crippen molar-refractivity contribution in [2.45, 2.75) is 13.5 Å². The van der Waals surface area contributed by atoms with Gasteiger partial charge in [0.05, 0.1) is 0 Å². The monoisotopic (exact) mass is 224 g/mol. The van der Waals surface area contributed by atoms with Gasteiger partial charge in [0.2, 0.25) is 0 Å². The zero-order valence-corrected chi connectivity index (χ0v) is 9.97. The van der Waals surface area contributed by atoms with Gasteiger partial charge in [0, 0.05) is 0 Å². The molecule has 0 radical (unpaired) electrons. The molecule has 0 saturated carbocycles. The molecule has 0 fully saturated rings. The Balaban J connectivity index is 2.02. The molecule has 1 nitrogen and oxygen atoms in total. The second-order valence-electron chi connectivity index (χ2n) is 3.85. The highest BCUT2D eigenvalue weighted by Crippen LogP contribution is 2.16. The average molecular weight is 224 g/mol. The Morgan fingerprint density at radius 3 is 2.59 bits per heavy atom. The van der Waals surface area contributed by atoms with E-state index in [1.54, 1.807) is 0 Å². The van der Waals surface area contributed by atoms with Crippen LogP contribution in [0, 0.1) is 0 Å². The lowest BCUT2D eigenvalue weighted by Gasteiger charge is -2.06. The highest BCUT2D eigenvalue weighted by atomic mass is 16.5. The molecule has 0 heterocycles. The number of hydrogen-bond donors (Lipinski definition) is 0. The van der Waals surface area contributed by atoms with E-state index in [1.165, 1.54) is 5.56 Å². The summed E-state index contributed by atoms with van der Waals surface area (Å²) in [6, 6.07) is 18.3. The highest BCUT2D eigenvalue weighted by Gasteiger charge is 1.95. The van der Waals surface area contributed by atoms with Gasteiger partial charge in [-0.25, -0.2) is 0 Å². The van der Waals surface area contributed by atoms with Gasteiger partial charge in [-0.1, -0.05) is 54.6 Å². The molecular formula is C16H16O. The normalized spacial score (nSPS) is 10.6. The minimum absolute atomic E-state index is 0.611. The van der Waals surface area contributed by atoms with Gasteiger partial charge < -0.3 is 4.74 Å². The van der Waals surface area contributed by atoms with Crippen molar-refractivity contribution in [3.8, 4) is 5.75 Å². The van der Waals surface area contributed by atoms with E-state index in [-0.39, 0.29) is 0 Å².